The maximum absolute atomic E-state index is 12.3. The first-order chi connectivity index (χ1) is 9.41. The summed E-state index contributed by atoms with van der Waals surface area (Å²) in [4.78, 5) is 0. The van der Waals surface area contributed by atoms with E-state index < -0.39 is 12.1 Å². The number of methoxy groups -OCH3 is 2. The van der Waals surface area contributed by atoms with Crippen molar-refractivity contribution in [2.45, 2.75) is 19.7 Å². The molecular weight excluding hydrogens is 275 g/mol. The van der Waals surface area contributed by atoms with Crippen molar-refractivity contribution < 1.29 is 27.4 Å². The summed E-state index contributed by atoms with van der Waals surface area (Å²) in [7, 11) is 2.69. The SMILES string of the molecule is CCNCCc1cc(OC)c(OC(F)(F)F)cc1OC. The van der Waals surface area contributed by atoms with Crippen LogP contribution in [-0.4, -0.2) is 33.7 Å². The van der Waals surface area contributed by atoms with Gasteiger partial charge in [-0.1, -0.05) is 6.92 Å². The molecule has 0 aliphatic heterocycles. The van der Waals surface area contributed by atoms with E-state index in [-0.39, 0.29) is 5.75 Å². The summed E-state index contributed by atoms with van der Waals surface area (Å²) in [5, 5.41) is 3.13. The third-order valence-corrected chi connectivity index (χ3v) is 2.61. The lowest BCUT2D eigenvalue weighted by molar-refractivity contribution is -0.275. The third-order valence-electron chi connectivity index (χ3n) is 2.61. The van der Waals surface area contributed by atoms with Gasteiger partial charge in [0.25, 0.3) is 0 Å². The number of ether oxygens (including phenoxy) is 3. The number of benzene rings is 1. The molecule has 0 aliphatic carbocycles. The smallest absolute Gasteiger partial charge is 0.496 e. The first kappa shape index (κ1) is 16.4. The molecule has 0 aliphatic rings. The Morgan fingerprint density at radius 2 is 1.70 bits per heavy atom. The van der Waals surface area contributed by atoms with Crippen molar-refractivity contribution in [3.63, 3.8) is 0 Å². The van der Waals surface area contributed by atoms with Gasteiger partial charge in [0, 0.05) is 6.07 Å². The second-order valence-electron chi connectivity index (χ2n) is 3.97. The van der Waals surface area contributed by atoms with Crippen molar-refractivity contribution >= 4 is 0 Å². The molecule has 1 rings (SSSR count). The molecule has 0 saturated carbocycles. The molecule has 0 amide bonds. The van der Waals surface area contributed by atoms with Gasteiger partial charge in [0.2, 0.25) is 0 Å². The van der Waals surface area contributed by atoms with Gasteiger partial charge in [-0.3, -0.25) is 0 Å². The molecule has 0 atom stereocenters. The number of halogens is 3. The van der Waals surface area contributed by atoms with E-state index in [0.717, 1.165) is 12.1 Å². The summed E-state index contributed by atoms with van der Waals surface area (Å²) in [6, 6.07) is 2.69. The van der Waals surface area contributed by atoms with Crippen LogP contribution < -0.4 is 19.5 Å². The van der Waals surface area contributed by atoms with E-state index in [2.05, 4.69) is 10.1 Å². The van der Waals surface area contributed by atoms with Gasteiger partial charge in [0.05, 0.1) is 14.2 Å². The summed E-state index contributed by atoms with van der Waals surface area (Å²) < 4.78 is 50.9. The van der Waals surface area contributed by atoms with Crippen molar-refractivity contribution in [1.82, 2.24) is 5.32 Å². The van der Waals surface area contributed by atoms with Crippen LogP contribution >= 0.6 is 0 Å². The van der Waals surface area contributed by atoms with Crippen molar-refractivity contribution in [2.24, 2.45) is 0 Å². The second-order valence-corrected chi connectivity index (χ2v) is 3.97. The van der Waals surface area contributed by atoms with Gasteiger partial charge in [-0.15, -0.1) is 13.2 Å². The molecule has 7 heteroatoms. The summed E-state index contributed by atoms with van der Waals surface area (Å²) in [5.41, 5.74) is 0.750. The Balaban J connectivity index is 3.03. The van der Waals surface area contributed by atoms with Crippen LogP contribution in [0.4, 0.5) is 13.2 Å². The van der Waals surface area contributed by atoms with Gasteiger partial charge in [-0.05, 0) is 31.1 Å². The number of hydrogen-bond acceptors (Lipinski definition) is 4. The van der Waals surface area contributed by atoms with Crippen molar-refractivity contribution in [2.75, 3.05) is 27.3 Å². The van der Waals surface area contributed by atoms with Gasteiger partial charge < -0.3 is 19.5 Å². The average Bonchev–Trinajstić information content (AvgIpc) is 2.38. The van der Waals surface area contributed by atoms with E-state index in [1.165, 1.54) is 26.4 Å². The normalized spacial score (nSPS) is 11.3. The topological polar surface area (TPSA) is 39.7 Å². The Bertz CT molecular complexity index is 436. The van der Waals surface area contributed by atoms with E-state index >= 15 is 0 Å². The lowest BCUT2D eigenvalue weighted by Crippen LogP contribution is -2.18. The third kappa shape index (κ3) is 4.80. The zero-order valence-corrected chi connectivity index (χ0v) is 11.6. The van der Waals surface area contributed by atoms with Crippen LogP contribution in [0.5, 0.6) is 17.2 Å². The largest absolute Gasteiger partial charge is 0.573 e. The number of rotatable bonds is 7. The lowest BCUT2D eigenvalue weighted by atomic mass is 10.1. The average molecular weight is 293 g/mol. The minimum Gasteiger partial charge on any atom is -0.496 e. The first-order valence-corrected chi connectivity index (χ1v) is 6.12. The van der Waals surface area contributed by atoms with Gasteiger partial charge >= 0.3 is 6.36 Å². The highest BCUT2D eigenvalue weighted by Crippen LogP contribution is 2.37. The Morgan fingerprint density at radius 1 is 1.05 bits per heavy atom. The molecule has 0 saturated heterocycles. The Morgan fingerprint density at radius 3 is 2.20 bits per heavy atom. The highest BCUT2D eigenvalue weighted by atomic mass is 19.4. The second kappa shape index (κ2) is 7.23. The van der Waals surface area contributed by atoms with Crippen molar-refractivity contribution in [3.05, 3.63) is 17.7 Å². The van der Waals surface area contributed by atoms with Crippen LogP contribution in [-0.2, 0) is 6.42 Å². The summed E-state index contributed by atoms with van der Waals surface area (Å²) >= 11 is 0. The fraction of sp³-hybridized carbons (Fsp3) is 0.538. The Hall–Kier alpha value is -1.63. The molecule has 4 nitrogen and oxygen atoms in total. The summed E-state index contributed by atoms with van der Waals surface area (Å²) in [6.07, 6.45) is -4.16. The molecule has 0 unspecified atom stereocenters. The highest BCUT2D eigenvalue weighted by Gasteiger charge is 2.33. The van der Waals surface area contributed by atoms with Crippen molar-refractivity contribution in [3.8, 4) is 17.2 Å². The molecule has 0 aromatic heterocycles. The molecule has 0 bridgehead atoms. The monoisotopic (exact) mass is 293 g/mol. The number of hydrogen-bond donors (Lipinski definition) is 1. The van der Waals surface area contributed by atoms with E-state index in [1.54, 1.807) is 0 Å². The van der Waals surface area contributed by atoms with Crippen LogP contribution in [0.25, 0.3) is 0 Å². The van der Waals surface area contributed by atoms with Crippen LogP contribution in [0.1, 0.15) is 12.5 Å². The fourth-order valence-electron chi connectivity index (χ4n) is 1.73. The highest BCUT2D eigenvalue weighted by molar-refractivity contribution is 5.51. The van der Waals surface area contributed by atoms with E-state index in [4.69, 9.17) is 9.47 Å². The fourth-order valence-corrected chi connectivity index (χ4v) is 1.73. The quantitative estimate of drug-likeness (QED) is 0.785. The molecule has 0 heterocycles. The minimum absolute atomic E-state index is 0.0228. The van der Waals surface area contributed by atoms with E-state index in [1.807, 2.05) is 6.92 Å². The molecule has 1 aromatic rings. The maximum atomic E-state index is 12.3. The lowest BCUT2D eigenvalue weighted by Gasteiger charge is -2.16. The number of likely N-dealkylation sites (N-methyl/N-ethyl adjacent to an activating group) is 1. The first-order valence-electron chi connectivity index (χ1n) is 6.12. The summed E-state index contributed by atoms with van der Waals surface area (Å²) in [6.45, 7) is 3.47. The van der Waals surface area contributed by atoms with Crippen LogP contribution in [0, 0.1) is 0 Å². The molecule has 1 aromatic carbocycles. The van der Waals surface area contributed by atoms with Crippen LogP contribution in [0.3, 0.4) is 0 Å². The zero-order valence-electron chi connectivity index (χ0n) is 11.6. The van der Waals surface area contributed by atoms with E-state index in [0.29, 0.717) is 18.7 Å². The predicted molar refractivity (Wildman–Crippen MR) is 68.5 cm³/mol. The number of nitrogens with one attached hydrogen (secondary N) is 1. The van der Waals surface area contributed by atoms with Crippen LogP contribution in [0.2, 0.25) is 0 Å². The number of alkyl halides is 3. The van der Waals surface area contributed by atoms with Gasteiger partial charge in [-0.25, -0.2) is 0 Å². The van der Waals surface area contributed by atoms with Gasteiger partial charge in [0.1, 0.15) is 5.75 Å². The zero-order chi connectivity index (χ0) is 15.2. The van der Waals surface area contributed by atoms with E-state index in [9.17, 15) is 13.2 Å². The minimum atomic E-state index is -4.77. The Labute approximate surface area is 115 Å². The molecule has 114 valence electrons. The standard InChI is InChI=1S/C13H18F3NO3/c1-4-17-6-5-9-7-11(19-3)12(8-10(9)18-2)20-13(14,15)16/h7-8,17H,4-6H2,1-3H3. The molecule has 20 heavy (non-hydrogen) atoms. The molecule has 0 radical (unpaired) electrons. The molecule has 1 N–H and O–H groups in total. The predicted octanol–water partition coefficient (Wildman–Crippen LogP) is 2.75. The maximum Gasteiger partial charge on any atom is 0.573 e. The van der Waals surface area contributed by atoms with Gasteiger partial charge in [0.15, 0.2) is 11.5 Å². The molecular formula is C13H18F3NO3. The summed E-state index contributed by atoms with van der Waals surface area (Å²) in [5.74, 6) is -0.0540. The Kier molecular flexibility index (Phi) is 5.94. The molecule has 0 fully saturated rings. The molecule has 0 spiro atoms. The van der Waals surface area contributed by atoms with Gasteiger partial charge in [-0.2, -0.15) is 0 Å². The van der Waals surface area contributed by atoms with Crippen LogP contribution in [0.15, 0.2) is 12.1 Å². The van der Waals surface area contributed by atoms with Crippen molar-refractivity contribution in [1.29, 1.82) is 0 Å².